The molecule has 0 spiro atoms. The summed E-state index contributed by atoms with van der Waals surface area (Å²) >= 11 is 0. The Morgan fingerprint density at radius 3 is 2.93 bits per heavy atom. The number of fused-ring (bicyclic) bond motifs is 1. The maximum absolute atomic E-state index is 11.6. The summed E-state index contributed by atoms with van der Waals surface area (Å²) in [5.74, 6) is 0.907. The fraction of sp³-hybridized carbons (Fsp3) is 0.917. The zero-order chi connectivity index (χ0) is 9.97. The van der Waals surface area contributed by atoms with Crippen molar-refractivity contribution in [3.63, 3.8) is 0 Å². The number of rotatable bonds is 3. The van der Waals surface area contributed by atoms with Gasteiger partial charge in [-0.25, -0.2) is 0 Å². The minimum Gasteiger partial charge on any atom is -0.462 e. The maximum atomic E-state index is 11.6. The van der Waals surface area contributed by atoms with Crippen LogP contribution in [-0.2, 0) is 9.53 Å². The molecule has 1 heterocycles. The smallest absolute Gasteiger partial charge is 0.309 e. The lowest BCUT2D eigenvalue weighted by atomic mass is 9.77. The number of carbonyl (C=O) groups excluding carboxylic acids is 1. The molecule has 1 saturated heterocycles. The molecule has 14 heavy (non-hydrogen) atoms. The number of ether oxygens (including phenoxy) is 1. The van der Waals surface area contributed by atoms with Gasteiger partial charge in [0.1, 0.15) is 6.10 Å². The molecule has 2 fully saturated rings. The molecule has 1 saturated carbocycles. The fourth-order valence-corrected chi connectivity index (χ4v) is 2.90. The van der Waals surface area contributed by atoms with E-state index in [2.05, 4.69) is 6.92 Å². The van der Waals surface area contributed by atoms with E-state index in [4.69, 9.17) is 4.74 Å². The van der Waals surface area contributed by atoms with Crippen molar-refractivity contribution >= 4 is 5.97 Å². The van der Waals surface area contributed by atoms with E-state index in [1.54, 1.807) is 0 Å². The van der Waals surface area contributed by atoms with Crippen LogP contribution >= 0.6 is 0 Å². The second kappa shape index (κ2) is 4.33. The van der Waals surface area contributed by atoms with Gasteiger partial charge < -0.3 is 4.74 Å². The van der Waals surface area contributed by atoms with Crippen LogP contribution in [-0.4, -0.2) is 12.1 Å². The maximum Gasteiger partial charge on any atom is 0.309 e. The summed E-state index contributed by atoms with van der Waals surface area (Å²) in [6.45, 7) is 2.19. The van der Waals surface area contributed by atoms with E-state index in [1.807, 2.05) is 0 Å². The average Bonchev–Trinajstić information content (AvgIpc) is 2.54. The Morgan fingerprint density at radius 2 is 2.14 bits per heavy atom. The molecule has 0 N–H and O–H groups in total. The van der Waals surface area contributed by atoms with Gasteiger partial charge in [-0.05, 0) is 19.3 Å². The van der Waals surface area contributed by atoms with Gasteiger partial charge in [-0.15, -0.1) is 0 Å². The van der Waals surface area contributed by atoms with Crippen molar-refractivity contribution in [2.24, 2.45) is 11.8 Å². The van der Waals surface area contributed by atoms with Crippen LogP contribution in [0.1, 0.15) is 51.9 Å². The van der Waals surface area contributed by atoms with Gasteiger partial charge in [0.25, 0.3) is 0 Å². The first-order valence-corrected chi connectivity index (χ1v) is 6.03. The third kappa shape index (κ3) is 1.79. The SMILES string of the molecule is CCCC[C@@H]1OC(=O)[C@H]2CCCC[C@H]12. The van der Waals surface area contributed by atoms with Crippen molar-refractivity contribution in [3.8, 4) is 0 Å². The lowest BCUT2D eigenvalue weighted by molar-refractivity contribution is -0.144. The topological polar surface area (TPSA) is 26.3 Å². The van der Waals surface area contributed by atoms with Crippen LogP contribution in [0.25, 0.3) is 0 Å². The molecule has 0 aromatic heterocycles. The Bertz CT molecular complexity index is 212. The standard InChI is InChI=1S/C12H20O2/c1-2-3-8-11-9-6-4-5-7-10(9)12(13)14-11/h9-11H,2-8H2,1H3/t9-,10-,11-/m0/s1. The molecule has 80 valence electrons. The summed E-state index contributed by atoms with van der Waals surface area (Å²) in [5.41, 5.74) is 0. The molecule has 0 bridgehead atoms. The van der Waals surface area contributed by atoms with Gasteiger partial charge in [-0.3, -0.25) is 4.79 Å². The van der Waals surface area contributed by atoms with Crippen molar-refractivity contribution in [2.75, 3.05) is 0 Å². The van der Waals surface area contributed by atoms with Gasteiger partial charge in [-0.2, -0.15) is 0 Å². The van der Waals surface area contributed by atoms with Crippen LogP contribution in [0.15, 0.2) is 0 Å². The van der Waals surface area contributed by atoms with E-state index < -0.39 is 0 Å². The molecule has 0 unspecified atom stereocenters. The highest BCUT2D eigenvalue weighted by Gasteiger charge is 2.44. The molecule has 3 atom stereocenters. The summed E-state index contributed by atoms with van der Waals surface area (Å²) in [5, 5.41) is 0. The van der Waals surface area contributed by atoms with Crippen LogP contribution in [0.5, 0.6) is 0 Å². The van der Waals surface area contributed by atoms with Crippen molar-refractivity contribution in [3.05, 3.63) is 0 Å². The summed E-state index contributed by atoms with van der Waals surface area (Å²) in [6.07, 6.45) is 8.54. The van der Waals surface area contributed by atoms with Gasteiger partial charge in [0.05, 0.1) is 5.92 Å². The van der Waals surface area contributed by atoms with Gasteiger partial charge in [-0.1, -0.05) is 32.6 Å². The number of hydrogen-bond donors (Lipinski definition) is 0. The largest absolute Gasteiger partial charge is 0.462 e. The zero-order valence-electron chi connectivity index (χ0n) is 9.00. The highest BCUT2D eigenvalue weighted by Crippen LogP contribution is 2.41. The quantitative estimate of drug-likeness (QED) is 0.649. The first kappa shape index (κ1) is 10.0. The Morgan fingerprint density at radius 1 is 1.36 bits per heavy atom. The Kier molecular flexibility index (Phi) is 3.09. The molecule has 0 radical (unpaired) electrons. The lowest BCUT2D eigenvalue weighted by Crippen LogP contribution is -2.24. The number of cyclic esters (lactones) is 1. The molecule has 1 aliphatic heterocycles. The minimum absolute atomic E-state index is 0.0933. The van der Waals surface area contributed by atoms with Crippen LogP contribution in [0.2, 0.25) is 0 Å². The summed E-state index contributed by atoms with van der Waals surface area (Å²) in [4.78, 5) is 11.6. The van der Waals surface area contributed by atoms with Gasteiger partial charge in [0, 0.05) is 5.92 Å². The number of carbonyl (C=O) groups is 1. The van der Waals surface area contributed by atoms with Crippen LogP contribution < -0.4 is 0 Å². The third-order valence-corrected chi connectivity index (χ3v) is 3.71. The number of esters is 1. The highest BCUT2D eigenvalue weighted by molar-refractivity contribution is 5.75. The third-order valence-electron chi connectivity index (χ3n) is 3.71. The Labute approximate surface area is 86.0 Å². The van der Waals surface area contributed by atoms with E-state index in [0.717, 1.165) is 12.8 Å². The Balaban J connectivity index is 1.95. The second-order valence-electron chi connectivity index (χ2n) is 4.67. The molecule has 2 rings (SSSR count). The average molecular weight is 196 g/mol. The molecule has 2 aliphatic rings. The molecular weight excluding hydrogens is 176 g/mol. The predicted molar refractivity (Wildman–Crippen MR) is 54.9 cm³/mol. The minimum atomic E-state index is 0.0933. The fourth-order valence-electron chi connectivity index (χ4n) is 2.90. The second-order valence-corrected chi connectivity index (χ2v) is 4.67. The van der Waals surface area contributed by atoms with E-state index in [1.165, 1.54) is 32.1 Å². The predicted octanol–water partition coefficient (Wildman–Crippen LogP) is 2.91. The summed E-state index contributed by atoms with van der Waals surface area (Å²) < 4.78 is 5.47. The molecular formula is C12H20O2. The molecule has 2 heteroatoms. The molecule has 0 amide bonds. The lowest BCUT2D eigenvalue weighted by Gasteiger charge is -2.24. The molecule has 1 aliphatic carbocycles. The monoisotopic (exact) mass is 196 g/mol. The van der Waals surface area contributed by atoms with Crippen molar-refractivity contribution in [1.82, 2.24) is 0 Å². The van der Waals surface area contributed by atoms with Gasteiger partial charge >= 0.3 is 5.97 Å². The van der Waals surface area contributed by atoms with Crippen molar-refractivity contribution in [2.45, 2.75) is 58.0 Å². The number of hydrogen-bond acceptors (Lipinski definition) is 2. The van der Waals surface area contributed by atoms with Gasteiger partial charge in [0.2, 0.25) is 0 Å². The zero-order valence-corrected chi connectivity index (χ0v) is 9.00. The van der Waals surface area contributed by atoms with E-state index in [0.29, 0.717) is 5.92 Å². The van der Waals surface area contributed by atoms with Crippen molar-refractivity contribution < 1.29 is 9.53 Å². The van der Waals surface area contributed by atoms with Crippen LogP contribution in [0.3, 0.4) is 0 Å². The molecule has 2 nitrogen and oxygen atoms in total. The highest BCUT2D eigenvalue weighted by atomic mass is 16.6. The summed E-state index contributed by atoms with van der Waals surface area (Å²) in [6, 6.07) is 0. The van der Waals surface area contributed by atoms with Crippen LogP contribution in [0.4, 0.5) is 0 Å². The first-order valence-electron chi connectivity index (χ1n) is 6.03. The normalized spacial score (nSPS) is 36.6. The van der Waals surface area contributed by atoms with Gasteiger partial charge in [0.15, 0.2) is 0 Å². The van der Waals surface area contributed by atoms with Crippen molar-refractivity contribution in [1.29, 1.82) is 0 Å². The Hall–Kier alpha value is -0.530. The molecule has 0 aromatic carbocycles. The van der Waals surface area contributed by atoms with E-state index >= 15 is 0 Å². The van der Waals surface area contributed by atoms with Crippen LogP contribution in [0, 0.1) is 11.8 Å². The van der Waals surface area contributed by atoms with E-state index in [-0.39, 0.29) is 18.0 Å². The number of unbranched alkanes of at least 4 members (excludes halogenated alkanes) is 1. The van der Waals surface area contributed by atoms with E-state index in [9.17, 15) is 4.79 Å². The summed E-state index contributed by atoms with van der Waals surface area (Å²) in [7, 11) is 0. The first-order chi connectivity index (χ1) is 6.83. The molecule has 0 aromatic rings.